The Kier molecular flexibility index (Phi) is 3.42. The largest absolute Gasteiger partial charge is 0.390 e. The van der Waals surface area contributed by atoms with E-state index in [1.165, 1.54) is 0 Å². The molecule has 0 atom stereocenters. The molecule has 1 saturated heterocycles. The van der Waals surface area contributed by atoms with Crippen molar-refractivity contribution in [2.75, 3.05) is 31.2 Å². The summed E-state index contributed by atoms with van der Waals surface area (Å²) in [5, 5.41) is 9.33. The average molecular weight is 327 g/mol. The monoisotopic (exact) mass is 326 g/mol. The van der Waals surface area contributed by atoms with E-state index in [9.17, 15) is 5.11 Å². The second-order valence-corrected chi connectivity index (χ2v) is 5.26. The van der Waals surface area contributed by atoms with Gasteiger partial charge in [0.1, 0.15) is 4.60 Å². The van der Waals surface area contributed by atoms with Crippen molar-refractivity contribution in [3.05, 3.63) is 22.2 Å². The molecule has 3 rings (SSSR count). The number of halogens is 1. The van der Waals surface area contributed by atoms with Crippen molar-refractivity contribution >= 4 is 27.4 Å². The number of ether oxygens (including phenoxy) is 1. The van der Waals surface area contributed by atoms with E-state index in [2.05, 4.69) is 30.8 Å². The number of hydrogen-bond donors (Lipinski definition) is 1. The fourth-order valence-electron chi connectivity index (χ4n) is 2.26. The van der Waals surface area contributed by atoms with Crippen LogP contribution in [0.2, 0.25) is 0 Å². The first-order valence-corrected chi connectivity index (χ1v) is 6.97. The van der Waals surface area contributed by atoms with Crippen molar-refractivity contribution in [1.82, 2.24) is 14.4 Å². The third-order valence-electron chi connectivity index (χ3n) is 3.18. The number of nitrogens with zero attached hydrogens (tertiary/aromatic N) is 4. The second kappa shape index (κ2) is 5.07. The number of hydrogen-bond acceptors (Lipinski definition) is 5. The Morgan fingerprint density at radius 1 is 1.37 bits per heavy atom. The number of imidazole rings is 1. The zero-order valence-corrected chi connectivity index (χ0v) is 12.2. The van der Waals surface area contributed by atoms with Crippen LogP contribution in [0.3, 0.4) is 0 Å². The van der Waals surface area contributed by atoms with Crippen LogP contribution in [0.4, 0.5) is 5.82 Å². The predicted molar refractivity (Wildman–Crippen MR) is 74.4 cm³/mol. The van der Waals surface area contributed by atoms with Crippen LogP contribution >= 0.6 is 15.9 Å². The molecule has 1 fully saturated rings. The molecule has 0 unspecified atom stereocenters. The van der Waals surface area contributed by atoms with Gasteiger partial charge in [0, 0.05) is 19.3 Å². The summed E-state index contributed by atoms with van der Waals surface area (Å²) < 4.78 is 8.08. The average Bonchev–Trinajstić information content (AvgIpc) is 2.76. The Labute approximate surface area is 119 Å². The summed E-state index contributed by atoms with van der Waals surface area (Å²) in [5.74, 6) is 0.851. The number of aromatic nitrogens is 3. The highest BCUT2D eigenvalue weighted by molar-refractivity contribution is 9.10. The molecule has 0 amide bonds. The molecule has 3 heterocycles. The molecule has 6 nitrogen and oxygen atoms in total. The smallest absolute Gasteiger partial charge is 0.181 e. The van der Waals surface area contributed by atoms with Crippen molar-refractivity contribution in [1.29, 1.82) is 0 Å². The molecule has 1 aliphatic heterocycles. The Balaban J connectivity index is 2.17. The number of morpholine rings is 1. The number of fused-ring (bicyclic) bond motifs is 1. The lowest BCUT2D eigenvalue weighted by atomic mass is 10.4. The molecule has 2 aromatic rings. The van der Waals surface area contributed by atoms with E-state index >= 15 is 0 Å². The fourth-order valence-corrected chi connectivity index (χ4v) is 2.74. The van der Waals surface area contributed by atoms with E-state index in [1.807, 2.05) is 17.5 Å². The van der Waals surface area contributed by atoms with Gasteiger partial charge in [-0.2, -0.15) is 0 Å². The lowest BCUT2D eigenvalue weighted by Gasteiger charge is -2.28. The number of aliphatic hydroxyl groups is 1. The molecular formula is C12H15BrN4O2. The van der Waals surface area contributed by atoms with Crippen molar-refractivity contribution < 1.29 is 9.84 Å². The van der Waals surface area contributed by atoms with Crippen LogP contribution in [0.15, 0.2) is 10.8 Å². The lowest BCUT2D eigenvalue weighted by molar-refractivity contribution is 0.122. The summed E-state index contributed by atoms with van der Waals surface area (Å²) >= 11 is 3.47. The van der Waals surface area contributed by atoms with Gasteiger partial charge in [-0.25, -0.2) is 9.97 Å². The maximum absolute atomic E-state index is 9.33. The number of aliphatic hydroxyl groups excluding tert-OH is 1. The molecule has 2 aromatic heterocycles. The fraction of sp³-hybridized carbons (Fsp3) is 0.500. The molecule has 0 radical (unpaired) electrons. The summed E-state index contributed by atoms with van der Waals surface area (Å²) in [6, 6.07) is 0. The lowest BCUT2D eigenvalue weighted by Crippen LogP contribution is -2.37. The summed E-state index contributed by atoms with van der Waals surface area (Å²) in [6.45, 7) is 4.89. The van der Waals surface area contributed by atoms with Crippen LogP contribution in [-0.4, -0.2) is 45.8 Å². The van der Waals surface area contributed by atoms with Gasteiger partial charge < -0.3 is 14.7 Å². The first kappa shape index (κ1) is 12.8. The zero-order chi connectivity index (χ0) is 13.4. The van der Waals surface area contributed by atoms with Gasteiger partial charge in [-0.15, -0.1) is 0 Å². The van der Waals surface area contributed by atoms with Gasteiger partial charge in [-0.3, -0.25) is 4.40 Å². The molecule has 1 aliphatic rings. The zero-order valence-electron chi connectivity index (χ0n) is 10.6. The van der Waals surface area contributed by atoms with Crippen molar-refractivity contribution in [2.45, 2.75) is 13.5 Å². The molecule has 102 valence electrons. The maximum Gasteiger partial charge on any atom is 0.181 e. The molecule has 7 heteroatoms. The van der Waals surface area contributed by atoms with Crippen LogP contribution in [0.25, 0.3) is 5.65 Å². The topological polar surface area (TPSA) is 62.9 Å². The summed E-state index contributed by atoms with van der Waals surface area (Å²) in [7, 11) is 0. The first-order valence-electron chi connectivity index (χ1n) is 6.18. The van der Waals surface area contributed by atoms with Gasteiger partial charge >= 0.3 is 0 Å². The minimum Gasteiger partial charge on any atom is -0.390 e. The highest BCUT2D eigenvalue weighted by atomic mass is 79.9. The van der Waals surface area contributed by atoms with Crippen LogP contribution in [0, 0.1) is 6.92 Å². The van der Waals surface area contributed by atoms with Crippen LogP contribution < -0.4 is 4.90 Å². The SMILES string of the molecule is Cc1cn2c(Br)c(CO)nc2c(N2CCOCC2)n1. The second-order valence-electron chi connectivity index (χ2n) is 4.51. The van der Waals surface area contributed by atoms with E-state index in [0.29, 0.717) is 18.9 Å². The molecule has 0 aromatic carbocycles. The third-order valence-corrected chi connectivity index (χ3v) is 4.02. The van der Waals surface area contributed by atoms with Gasteiger partial charge in [0.25, 0.3) is 0 Å². The highest BCUT2D eigenvalue weighted by Crippen LogP contribution is 2.26. The van der Waals surface area contributed by atoms with Gasteiger partial charge in [0.05, 0.1) is 31.2 Å². The van der Waals surface area contributed by atoms with Gasteiger partial charge in [0.15, 0.2) is 11.5 Å². The van der Waals surface area contributed by atoms with Crippen molar-refractivity contribution in [3.63, 3.8) is 0 Å². The normalized spacial score (nSPS) is 16.3. The maximum atomic E-state index is 9.33. The van der Waals surface area contributed by atoms with Crippen LogP contribution in [-0.2, 0) is 11.3 Å². The molecule has 0 spiro atoms. The molecule has 0 saturated carbocycles. The Hall–Kier alpha value is -1.18. The van der Waals surface area contributed by atoms with Crippen LogP contribution in [0.1, 0.15) is 11.4 Å². The van der Waals surface area contributed by atoms with E-state index in [0.717, 1.165) is 34.9 Å². The molecular weight excluding hydrogens is 312 g/mol. The number of anilines is 1. The summed E-state index contributed by atoms with van der Waals surface area (Å²) in [4.78, 5) is 11.2. The Bertz CT molecular complexity index is 607. The number of rotatable bonds is 2. The van der Waals surface area contributed by atoms with Crippen molar-refractivity contribution in [2.24, 2.45) is 0 Å². The van der Waals surface area contributed by atoms with Gasteiger partial charge in [-0.05, 0) is 22.9 Å². The number of aryl methyl sites for hydroxylation is 1. The molecule has 1 N–H and O–H groups in total. The molecule has 0 aliphatic carbocycles. The van der Waals surface area contributed by atoms with Crippen molar-refractivity contribution in [3.8, 4) is 0 Å². The minimum absolute atomic E-state index is 0.0934. The predicted octanol–water partition coefficient (Wildman–Crippen LogP) is 1.13. The Morgan fingerprint density at radius 3 is 2.79 bits per heavy atom. The van der Waals surface area contributed by atoms with E-state index in [4.69, 9.17) is 4.74 Å². The molecule has 0 bridgehead atoms. The van der Waals surface area contributed by atoms with Gasteiger partial charge in [-0.1, -0.05) is 0 Å². The highest BCUT2D eigenvalue weighted by Gasteiger charge is 2.20. The van der Waals surface area contributed by atoms with E-state index in [1.54, 1.807) is 0 Å². The first-order chi connectivity index (χ1) is 9.20. The van der Waals surface area contributed by atoms with Gasteiger partial charge in [0.2, 0.25) is 0 Å². The standard InChI is InChI=1S/C12H15BrN4O2/c1-8-6-17-10(13)9(7-18)15-12(17)11(14-8)16-2-4-19-5-3-16/h6,18H,2-5,7H2,1H3. The van der Waals surface area contributed by atoms with E-state index in [-0.39, 0.29) is 6.61 Å². The quantitative estimate of drug-likeness (QED) is 0.896. The third kappa shape index (κ3) is 2.22. The Morgan fingerprint density at radius 2 is 2.11 bits per heavy atom. The summed E-state index contributed by atoms with van der Waals surface area (Å²) in [6.07, 6.45) is 1.91. The molecule has 19 heavy (non-hydrogen) atoms. The van der Waals surface area contributed by atoms with Crippen LogP contribution in [0.5, 0.6) is 0 Å². The summed E-state index contributed by atoms with van der Waals surface area (Å²) in [5.41, 5.74) is 2.31. The minimum atomic E-state index is -0.0934. The van der Waals surface area contributed by atoms with E-state index < -0.39 is 0 Å².